The molecule has 6 nitrogen and oxygen atoms in total. The van der Waals surface area contributed by atoms with Crippen LogP contribution < -0.4 is 0 Å². The maximum atomic E-state index is 11.3. The fourth-order valence-corrected chi connectivity index (χ4v) is 6.07. The van der Waals surface area contributed by atoms with E-state index in [9.17, 15) is 19.2 Å². The van der Waals surface area contributed by atoms with Crippen molar-refractivity contribution in [2.75, 3.05) is 0 Å². The van der Waals surface area contributed by atoms with Gasteiger partial charge in [-0.15, -0.1) is 0 Å². The van der Waals surface area contributed by atoms with Crippen LogP contribution in [-0.4, -0.2) is 23.9 Å². The first-order valence-corrected chi connectivity index (χ1v) is 18.3. The Morgan fingerprint density at radius 1 is 0.488 bits per heavy atom. The van der Waals surface area contributed by atoms with Crippen LogP contribution >= 0.6 is 0 Å². The van der Waals surface area contributed by atoms with Crippen LogP contribution in [0.2, 0.25) is 0 Å². The summed E-state index contributed by atoms with van der Waals surface area (Å²) in [5, 5.41) is 0. The summed E-state index contributed by atoms with van der Waals surface area (Å²) in [6, 6.07) is 0. The second-order valence-corrected chi connectivity index (χ2v) is 13.6. The number of unbranched alkanes of at least 4 members (excludes halogenated alkanes) is 20. The van der Waals surface area contributed by atoms with Crippen molar-refractivity contribution < 1.29 is 28.7 Å². The molecular formula is C37H66O6. The smallest absolute Gasteiger partial charge is 0.317 e. The molecule has 0 N–H and O–H groups in total. The van der Waals surface area contributed by atoms with Crippen molar-refractivity contribution in [3.05, 3.63) is 0 Å². The van der Waals surface area contributed by atoms with Crippen LogP contribution in [0.3, 0.4) is 0 Å². The molecule has 0 aromatic carbocycles. The van der Waals surface area contributed by atoms with Crippen molar-refractivity contribution in [1.82, 2.24) is 0 Å². The molecule has 0 aliphatic carbocycles. The summed E-state index contributed by atoms with van der Waals surface area (Å²) in [6.45, 7) is 6.86. The van der Waals surface area contributed by atoms with E-state index >= 15 is 0 Å². The highest BCUT2D eigenvalue weighted by Gasteiger charge is 2.33. The maximum absolute atomic E-state index is 11.3. The molecule has 2 aliphatic heterocycles. The summed E-state index contributed by atoms with van der Waals surface area (Å²) in [4.78, 5) is 44.4. The number of hydrogen-bond acceptors (Lipinski definition) is 6. The zero-order valence-electron chi connectivity index (χ0n) is 28.3. The molecule has 43 heavy (non-hydrogen) atoms. The molecule has 2 unspecified atom stereocenters. The largest absolute Gasteiger partial charge is 0.393 e. The fourth-order valence-electron chi connectivity index (χ4n) is 6.07. The lowest BCUT2D eigenvalue weighted by Gasteiger charge is -2.05. The van der Waals surface area contributed by atoms with E-state index < -0.39 is 0 Å². The topological polar surface area (TPSA) is 86.7 Å². The summed E-state index contributed by atoms with van der Waals surface area (Å²) in [6.07, 6.45) is 32.5. The highest BCUT2D eigenvalue weighted by Crippen LogP contribution is 2.24. The molecule has 0 bridgehead atoms. The summed E-state index contributed by atoms with van der Waals surface area (Å²) >= 11 is 0. The Hall–Kier alpha value is -1.72. The molecule has 0 saturated carbocycles. The van der Waals surface area contributed by atoms with Gasteiger partial charge in [-0.05, 0) is 18.8 Å². The lowest BCUT2D eigenvalue weighted by molar-refractivity contribution is -0.155. The van der Waals surface area contributed by atoms with Gasteiger partial charge in [0.05, 0.1) is 24.7 Å². The summed E-state index contributed by atoms with van der Waals surface area (Å²) in [7, 11) is 0. The zero-order valence-corrected chi connectivity index (χ0v) is 28.3. The standard InChI is InChI=1S/C22H40O3.C15H26O3/c1-19(2)16-14-12-10-8-6-4-3-5-7-9-11-13-15-17-20-18-21(23)25-22(20)24;1-2-3-4-5-6-7-8-9-10-11-13-12-14(16)18-15(13)17/h19-20H,3-18H2,1-2H3;13H,2-12H2,1H3. The van der Waals surface area contributed by atoms with Crippen LogP contribution in [0.25, 0.3) is 0 Å². The first kappa shape index (κ1) is 39.3. The lowest BCUT2D eigenvalue weighted by atomic mass is 9.98. The van der Waals surface area contributed by atoms with Crippen LogP contribution in [0.4, 0.5) is 0 Å². The molecular weight excluding hydrogens is 540 g/mol. The van der Waals surface area contributed by atoms with Crippen molar-refractivity contribution in [3.8, 4) is 0 Å². The van der Waals surface area contributed by atoms with Gasteiger partial charge in [0, 0.05) is 0 Å². The minimum atomic E-state index is -0.346. The van der Waals surface area contributed by atoms with Gasteiger partial charge in [-0.3, -0.25) is 19.2 Å². The fraction of sp³-hybridized carbons (Fsp3) is 0.892. The van der Waals surface area contributed by atoms with Gasteiger partial charge in [0.15, 0.2) is 0 Å². The molecule has 2 atom stereocenters. The van der Waals surface area contributed by atoms with E-state index in [0.717, 1.165) is 31.6 Å². The van der Waals surface area contributed by atoms with Gasteiger partial charge in [0.1, 0.15) is 0 Å². The molecule has 0 spiro atoms. The van der Waals surface area contributed by atoms with E-state index in [-0.39, 0.29) is 35.7 Å². The van der Waals surface area contributed by atoms with E-state index in [4.69, 9.17) is 0 Å². The van der Waals surface area contributed by atoms with Crippen molar-refractivity contribution in [2.45, 2.75) is 194 Å². The maximum Gasteiger partial charge on any atom is 0.317 e. The quantitative estimate of drug-likeness (QED) is 0.0553. The number of cyclic esters (lactones) is 4. The molecule has 2 heterocycles. The molecule has 0 amide bonds. The Balaban J connectivity index is 0.000000453. The van der Waals surface area contributed by atoms with E-state index in [1.165, 1.54) is 135 Å². The first-order chi connectivity index (χ1) is 20.8. The number of carbonyl (C=O) groups excluding carboxylic acids is 4. The highest BCUT2D eigenvalue weighted by atomic mass is 16.6. The Morgan fingerprint density at radius 3 is 1.07 bits per heavy atom. The molecule has 6 heteroatoms. The molecule has 0 radical (unpaired) electrons. The second-order valence-electron chi connectivity index (χ2n) is 13.6. The number of carbonyl (C=O) groups is 4. The highest BCUT2D eigenvalue weighted by molar-refractivity contribution is 5.95. The number of ether oxygens (including phenoxy) is 2. The predicted octanol–water partition coefficient (Wildman–Crippen LogP) is 10.6. The van der Waals surface area contributed by atoms with Gasteiger partial charge in [0.2, 0.25) is 0 Å². The Labute approximate surface area is 264 Å². The summed E-state index contributed by atoms with van der Waals surface area (Å²) in [5.74, 6) is -0.737. The minimum absolute atomic E-state index is 0.151. The monoisotopic (exact) mass is 606 g/mol. The van der Waals surface area contributed by atoms with E-state index in [0.29, 0.717) is 12.8 Å². The third-order valence-electron chi connectivity index (χ3n) is 8.91. The normalized spacial score (nSPS) is 18.2. The van der Waals surface area contributed by atoms with Gasteiger partial charge in [-0.1, -0.05) is 168 Å². The third kappa shape index (κ3) is 22.4. The van der Waals surface area contributed by atoms with E-state index in [1.54, 1.807) is 0 Å². The Morgan fingerprint density at radius 2 is 0.791 bits per heavy atom. The van der Waals surface area contributed by atoms with Gasteiger partial charge in [0.25, 0.3) is 0 Å². The van der Waals surface area contributed by atoms with Crippen LogP contribution in [-0.2, 0) is 28.7 Å². The molecule has 2 saturated heterocycles. The molecule has 2 rings (SSSR count). The Kier molecular flexibility index (Phi) is 24.4. The van der Waals surface area contributed by atoms with Gasteiger partial charge < -0.3 is 9.47 Å². The second kappa shape index (κ2) is 26.7. The molecule has 0 aromatic heterocycles. The van der Waals surface area contributed by atoms with Crippen LogP contribution in [0.1, 0.15) is 194 Å². The molecule has 2 fully saturated rings. The predicted molar refractivity (Wildman–Crippen MR) is 174 cm³/mol. The van der Waals surface area contributed by atoms with Gasteiger partial charge in [-0.2, -0.15) is 0 Å². The Bertz CT molecular complexity index is 745. The first-order valence-electron chi connectivity index (χ1n) is 18.3. The molecule has 0 aromatic rings. The van der Waals surface area contributed by atoms with Crippen LogP contribution in [0, 0.1) is 17.8 Å². The average molecular weight is 607 g/mol. The number of rotatable bonds is 26. The summed E-state index contributed by atoms with van der Waals surface area (Å²) < 4.78 is 9.10. The van der Waals surface area contributed by atoms with Gasteiger partial charge in [-0.25, -0.2) is 0 Å². The van der Waals surface area contributed by atoms with Gasteiger partial charge >= 0.3 is 23.9 Å². The third-order valence-corrected chi connectivity index (χ3v) is 8.91. The van der Waals surface area contributed by atoms with E-state index in [2.05, 4.69) is 30.2 Å². The van der Waals surface area contributed by atoms with Crippen molar-refractivity contribution in [3.63, 3.8) is 0 Å². The number of hydrogen-bond donors (Lipinski definition) is 0. The molecule has 2 aliphatic rings. The van der Waals surface area contributed by atoms with E-state index in [1.807, 2.05) is 0 Å². The van der Waals surface area contributed by atoms with Crippen LogP contribution in [0.5, 0.6) is 0 Å². The number of esters is 4. The molecule has 250 valence electrons. The zero-order chi connectivity index (χ0) is 31.5. The lowest BCUT2D eigenvalue weighted by Crippen LogP contribution is -2.06. The SMILES string of the molecule is CC(C)CCCCCCCCCCCCCCCC1CC(=O)OC1=O.CCCCCCCCCCCC1CC(=O)OC1=O. The summed E-state index contributed by atoms with van der Waals surface area (Å²) in [5.41, 5.74) is 0. The van der Waals surface area contributed by atoms with Crippen molar-refractivity contribution in [1.29, 1.82) is 0 Å². The van der Waals surface area contributed by atoms with Crippen molar-refractivity contribution >= 4 is 23.9 Å². The van der Waals surface area contributed by atoms with Crippen molar-refractivity contribution in [2.24, 2.45) is 17.8 Å². The minimum Gasteiger partial charge on any atom is -0.393 e. The average Bonchev–Trinajstić information content (AvgIpc) is 3.47. The van der Waals surface area contributed by atoms with Crippen LogP contribution in [0.15, 0.2) is 0 Å².